The highest BCUT2D eigenvalue weighted by Crippen LogP contribution is 2.25. The van der Waals surface area contributed by atoms with Crippen molar-refractivity contribution in [3.63, 3.8) is 0 Å². The molecule has 0 bridgehead atoms. The van der Waals surface area contributed by atoms with Gasteiger partial charge in [0.2, 0.25) is 5.16 Å². The molecular formula is C16H21N3O2S. The third-order valence-electron chi connectivity index (χ3n) is 3.26. The molecule has 22 heavy (non-hydrogen) atoms. The number of carboxylic acids is 1. The van der Waals surface area contributed by atoms with Gasteiger partial charge in [-0.1, -0.05) is 56.8 Å². The fourth-order valence-electron chi connectivity index (χ4n) is 1.96. The first-order chi connectivity index (χ1) is 10.4. The van der Waals surface area contributed by atoms with Crippen LogP contribution >= 0.6 is 11.8 Å². The van der Waals surface area contributed by atoms with Gasteiger partial charge in [0.05, 0.1) is 0 Å². The van der Waals surface area contributed by atoms with Crippen molar-refractivity contribution in [2.45, 2.75) is 44.2 Å². The van der Waals surface area contributed by atoms with Crippen molar-refractivity contribution in [1.29, 1.82) is 0 Å². The maximum absolute atomic E-state index is 10.5. The molecule has 0 aliphatic rings. The van der Waals surface area contributed by atoms with E-state index in [0.29, 0.717) is 17.3 Å². The molecule has 2 N–H and O–H groups in total. The molecule has 1 aromatic heterocycles. The quantitative estimate of drug-likeness (QED) is 0.626. The molecule has 0 fully saturated rings. The lowest BCUT2D eigenvalue weighted by Crippen LogP contribution is -2.10. The lowest BCUT2D eigenvalue weighted by atomic mass is 9.87. The Morgan fingerprint density at radius 1 is 1.27 bits per heavy atom. The highest BCUT2D eigenvalue weighted by atomic mass is 32.2. The van der Waals surface area contributed by atoms with Crippen molar-refractivity contribution < 1.29 is 9.90 Å². The van der Waals surface area contributed by atoms with E-state index in [4.69, 9.17) is 5.11 Å². The van der Waals surface area contributed by atoms with Gasteiger partial charge in [-0.15, -0.1) is 5.10 Å². The van der Waals surface area contributed by atoms with Crippen molar-refractivity contribution in [3.8, 4) is 11.4 Å². The van der Waals surface area contributed by atoms with Crippen LogP contribution in [0.1, 0.15) is 39.2 Å². The van der Waals surface area contributed by atoms with Gasteiger partial charge in [-0.05, 0) is 17.4 Å². The molecule has 0 saturated heterocycles. The van der Waals surface area contributed by atoms with Crippen molar-refractivity contribution in [2.75, 3.05) is 5.75 Å². The molecule has 6 heteroatoms. The lowest BCUT2D eigenvalue weighted by Gasteiger charge is -2.18. The summed E-state index contributed by atoms with van der Waals surface area (Å²) in [5.41, 5.74) is 2.40. The van der Waals surface area contributed by atoms with Gasteiger partial charge < -0.3 is 5.11 Å². The van der Waals surface area contributed by atoms with Crippen LogP contribution in [0.4, 0.5) is 0 Å². The highest BCUT2D eigenvalue weighted by Gasteiger charge is 2.14. The van der Waals surface area contributed by atoms with E-state index in [1.165, 1.54) is 17.3 Å². The smallest absolute Gasteiger partial charge is 0.303 e. The van der Waals surface area contributed by atoms with Crippen LogP contribution in [0.2, 0.25) is 0 Å². The largest absolute Gasteiger partial charge is 0.481 e. The van der Waals surface area contributed by atoms with E-state index >= 15 is 0 Å². The number of rotatable bonds is 6. The molecular weight excluding hydrogens is 298 g/mol. The first kappa shape index (κ1) is 16.5. The van der Waals surface area contributed by atoms with Gasteiger partial charge >= 0.3 is 5.97 Å². The summed E-state index contributed by atoms with van der Waals surface area (Å²) in [5.74, 6) is 0.670. The highest BCUT2D eigenvalue weighted by molar-refractivity contribution is 7.99. The van der Waals surface area contributed by atoms with Gasteiger partial charge in [-0.2, -0.15) is 0 Å². The number of thioether (sulfide) groups is 1. The molecule has 0 aliphatic heterocycles. The number of aromatic nitrogens is 3. The van der Waals surface area contributed by atoms with Gasteiger partial charge in [-0.25, -0.2) is 4.98 Å². The zero-order valence-corrected chi connectivity index (χ0v) is 13.9. The van der Waals surface area contributed by atoms with Gasteiger partial charge in [-0.3, -0.25) is 9.89 Å². The average Bonchev–Trinajstić information content (AvgIpc) is 2.91. The van der Waals surface area contributed by atoms with Crippen molar-refractivity contribution in [2.24, 2.45) is 0 Å². The zero-order chi connectivity index (χ0) is 16.2. The second-order valence-electron chi connectivity index (χ2n) is 6.14. The van der Waals surface area contributed by atoms with E-state index in [9.17, 15) is 4.79 Å². The molecule has 0 atom stereocenters. The van der Waals surface area contributed by atoms with Crippen LogP contribution < -0.4 is 0 Å². The summed E-state index contributed by atoms with van der Waals surface area (Å²) in [5, 5.41) is 16.3. The first-order valence-corrected chi connectivity index (χ1v) is 8.23. The van der Waals surface area contributed by atoms with Crippen LogP contribution in [0.15, 0.2) is 29.4 Å². The molecule has 0 unspecified atom stereocenters. The number of aromatic amines is 1. The van der Waals surface area contributed by atoms with Crippen LogP contribution in [0.25, 0.3) is 11.4 Å². The normalized spacial score (nSPS) is 11.6. The molecule has 5 nitrogen and oxygen atoms in total. The molecule has 2 aromatic rings. The van der Waals surface area contributed by atoms with E-state index < -0.39 is 5.97 Å². The predicted octanol–water partition coefficient (Wildman–Crippen LogP) is 3.73. The van der Waals surface area contributed by atoms with Gasteiger partial charge in [0.25, 0.3) is 0 Å². The van der Waals surface area contributed by atoms with Crippen LogP contribution in [0.5, 0.6) is 0 Å². The minimum atomic E-state index is -0.768. The molecule has 0 spiro atoms. The van der Waals surface area contributed by atoms with E-state index in [0.717, 1.165) is 11.4 Å². The molecule has 2 rings (SSSR count). The maximum Gasteiger partial charge on any atom is 0.303 e. The Labute approximate surface area is 134 Å². The summed E-state index contributed by atoms with van der Waals surface area (Å²) >= 11 is 1.47. The first-order valence-electron chi connectivity index (χ1n) is 7.24. The maximum atomic E-state index is 10.5. The van der Waals surface area contributed by atoms with Gasteiger partial charge in [0.1, 0.15) is 0 Å². The number of hydrogen-bond acceptors (Lipinski definition) is 4. The number of nitrogens with one attached hydrogen (secondary N) is 1. The Bertz CT molecular complexity index is 630. The lowest BCUT2D eigenvalue weighted by molar-refractivity contribution is -0.137. The zero-order valence-electron chi connectivity index (χ0n) is 13.1. The van der Waals surface area contributed by atoms with Crippen molar-refractivity contribution in [1.82, 2.24) is 15.2 Å². The molecule has 1 heterocycles. The van der Waals surface area contributed by atoms with Crippen LogP contribution in [0.3, 0.4) is 0 Å². The molecule has 0 radical (unpaired) electrons. The SMILES string of the molecule is CC(C)(C)c1ccc(-c2nc(SCCCC(=O)O)n[nH]2)cc1. The number of hydrogen-bond donors (Lipinski definition) is 2. The van der Waals surface area contributed by atoms with Gasteiger partial charge in [0.15, 0.2) is 5.82 Å². The van der Waals surface area contributed by atoms with E-state index in [2.05, 4.69) is 48.1 Å². The fourth-order valence-corrected chi connectivity index (χ4v) is 2.69. The third kappa shape index (κ3) is 4.59. The van der Waals surface area contributed by atoms with Crippen LogP contribution in [-0.2, 0) is 10.2 Å². The topological polar surface area (TPSA) is 78.9 Å². The van der Waals surface area contributed by atoms with Crippen LogP contribution in [-0.4, -0.2) is 32.0 Å². The average molecular weight is 319 g/mol. The molecule has 0 amide bonds. The fraction of sp³-hybridized carbons (Fsp3) is 0.438. The molecule has 0 aliphatic carbocycles. The summed E-state index contributed by atoms with van der Waals surface area (Å²) in [6.07, 6.45) is 0.794. The van der Waals surface area contributed by atoms with E-state index in [1.807, 2.05) is 12.1 Å². The summed E-state index contributed by atoms with van der Waals surface area (Å²) in [6, 6.07) is 8.30. The number of carbonyl (C=O) groups is 1. The second-order valence-corrected chi connectivity index (χ2v) is 7.20. The Balaban J connectivity index is 1.97. The molecule has 1 aromatic carbocycles. The standard InChI is InChI=1S/C16H21N3O2S/c1-16(2,3)12-8-6-11(7-9-12)14-17-15(19-18-14)22-10-4-5-13(20)21/h6-9H,4-5,10H2,1-3H3,(H,20,21)(H,17,18,19). The van der Waals surface area contributed by atoms with Crippen molar-refractivity contribution >= 4 is 17.7 Å². The third-order valence-corrected chi connectivity index (χ3v) is 4.19. The predicted molar refractivity (Wildman–Crippen MR) is 88.1 cm³/mol. The molecule has 0 saturated carbocycles. The summed E-state index contributed by atoms with van der Waals surface area (Å²) in [7, 11) is 0. The Morgan fingerprint density at radius 2 is 1.95 bits per heavy atom. The summed E-state index contributed by atoms with van der Waals surface area (Å²) in [6.45, 7) is 6.55. The molecule has 118 valence electrons. The number of H-pyrrole nitrogens is 1. The summed E-state index contributed by atoms with van der Waals surface area (Å²) in [4.78, 5) is 14.9. The van der Waals surface area contributed by atoms with Crippen molar-refractivity contribution in [3.05, 3.63) is 29.8 Å². The Kier molecular flexibility index (Phi) is 5.24. The minimum Gasteiger partial charge on any atom is -0.481 e. The number of nitrogens with zero attached hydrogens (tertiary/aromatic N) is 2. The Morgan fingerprint density at radius 3 is 2.55 bits per heavy atom. The second kappa shape index (κ2) is 6.96. The Hall–Kier alpha value is -1.82. The van der Waals surface area contributed by atoms with E-state index in [1.54, 1.807) is 0 Å². The summed E-state index contributed by atoms with van der Waals surface area (Å²) < 4.78 is 0. The number of benzene rings is 1. The van der Waals surface area contributed by atoms with Gasteiger partial charge in [0, 0.05) is 17.7 Å². The minimum absolute atomic E-state index is 0.130. The van der Waals surface area contributed by atoms with Crippen LogP contribution in [0, 0.1) is 0 Å². The number of carboxylic acid groups (broad SMARTS) is 1. The van der Waals surface area contributed by atoms with E-state index in [-0.39, 0.29) is 11.8 Å². The number of aliphatic carboxylic acids is 1. The monoisotopic (exact) mass is 319 g/mol.